The highest BCUT2D eigenvalue weighted by molar-refractivity contribution is 6.53. The van der Waals surface area contributed by atoms with Crippen LogP contribution in [0.1, 0.15) is 19.8 Å². The van der Waals surface area contributed by atoms with E-state index in [2.05, 4.69) is 6.92 Å². The topological polar surface area (TPSA) is 20.3 Å². The normalized spacial score (nSPS) is 20.2. The van der Waals surface area contributed by atoms with Gasteiger partial charge in [0.2, 0.25) is 0 Å². The van der Waals surface area contributed by atoms with Gasteiger partial charge in [0.15, 0.2) is 4.84 Å². The van der Waals surface area contributed by atoms with Crippen molar-refractivity contribution in [3.05, 3.63) is 0 Å². The zero-order valence-electron chi connectivity index (χ0n) is 7.09. The summed E-state index contributed by atoms with van der Waals surface area (Å²) in [6.45, 7) is 3.80. The molecule has 1 rings (SSSR count). The van der Waals surface area contributed by atoms with Gasteiger partial charge in [0.1, 0.15) is 0 Å². The predicted octanol–water partition coefficient (Wildman–Crippen LogP) is 2.05. The van der Waals surface area contributed by atoms with E-state index in [4.69, 9.17) is 23.2 Å². The second-order valence-electron chi connectivity index (χ2n) is 3.31. The second-order valence-corrected chi connectivity index (χ2v) is 4.40. The number of hydrogen-bond donors (Lipinski definition) is 0. The maximum absolute atomic E-state index is 11.3. The van der Waals surface area contributed by atoms with Crippen molar-refractivity contribution in [3.8, 4) is 0 Å². The predicted molar refractivity (Wildman–Crippen MR) is 50.5 cm³/mol. The number of amides is 1. The van der Waals surface area contributed by atoms with Crippen molar-refractivity contribution < 1.29 is 4.79 Å². The Morgan fingerprint density at radius 2 is 1.92 bits per heavy atom. The molecule has 1 amide bonds. The van der Waals surface area contributed by atoms with Crippen molar-refractivity contribution >= 4 is 29.1 Å². The Balaban J connectivity index is 2.39. The Kier molecular flexibility index (Phi) is 3.66. The van der Waals surface area contributed by atoms with Gasteiger partial charge >= 0.3 is 0 Å². The van der Waals surface area contributed by atoms with Gasteiger partial charge in [-0.1, -0.05) is 30.1 Å². The lowest BCUT2D eigenvalue weighted by atomic mass is 9.99. The lowest BCUT2D eigenvalue weighted by molar-refractivity contribution is -0.130. The Bertz CT molecular complexity index is 164. The van der Waals surface area contributed by atoms with E-state index in [-0.39, 0.29) is 5.91 Å². The van der Waals surface area contributed by atoms with E-state index in [9.17, 15) is 4.79 Å². The molecule has 1 fully saturated rings. The minimum absolute atomic E-state index is 0.148. The Morgan fingerprint density at radius 1 is 1.42 bits per heavy atom. The van der Waals surface area contributed by atoms with Crippen molar-refractivity contribution in [3.63, 3.8) is 0 Å². The molecular formula is C8H13Cl2NO. The van der Waals surface area contributed by atoms with Crippen molar-refractivity contribution in [2.24, 2.45) is 5.92 Å². The number of alkyl halides is 2. The van der Waals surface area contributed by atoms with E-state index in [1.807, 2.05) is 0 Å². The molecule has 0 aromatic heterocycles. The number of rotatable bonds is 1. The molecule has 1 heterocycles. The van der Waals surface area contributed by atoms with Crippen LogP contribution < -0.4 is 0 Å². The summed E-state index contributed by atoms with van der Waals surface area (Å²) in [5.74, 6) is 0.573. The number of halogens is 2. The summed E-state index contributed by atoms with van der Waals surface area (Å²) < 4.78 is 0. The average molecular weight is 210 g/mol. The molecule has 0 unspecified atom stereocenters. The smallest absolute Gasteiger partial charge is 0.255 e. The minimum atomic E-state index is -0.890. The molecule has 0 atom stereocenters. The van der Waals surface area contributed by atoms with Gasteiger partial charge in [-0.2, -0.15) is 0 Å². The fourth-order valence-corrected chi connectivity index (χ4v) is 1.64. The summed E-state index contributed by atoms with van der Waals surface area (Å²) in [6.07, 6.45) is 2.12. The third-order valence-electron chi connectivity index (χ3n) is 2.28. The maximum Gasteiger partial charge on any atom is 0.255 e. The monoisotopic (exact) mass is 209 g/mol. The standard InChI is InChI=1S/C8H13Cl2NO/c1-6-2-4-11(5-3-6)8(12)7(9)10/h6-7H,2-5H2,1H3. The average Bonchev–Trinajstić information content (AvgIpc) is 2.04. The molecule has 12 heavy (non-hydrogen) atoms. The number of hydrogen-bond acceptors (Lipinski definition) is 1. The van der Waals surface area contributed by atoms with E-state index in [0.717, 1.165) is 31.8 Å². The van der Waals surface area contributed by atoms with Crippen LogP contribution in [0.4, 0.5) is 0 Å². The lowest BCUT2D eigenvalue weighted by Gasteiger charge is -2.30. The van der Waals surface area contributed by atoms with E-state index in [0.29, 0.717) is 0 Å². The summed E-state index contributed by atoms with van der Waals surface area (Å²) in [6, 6.07) is 0. The number of carbonyl (C=O) groups excluding carboxylic acids is 1. The minimum Gasteiger partial charge on any atom is -0.340 e. The fourth-order valence-electron chi connectivity index (χ4n) is 1.37. The summed E-state index contributed by atoms with van der Waals surface area (Å²) in [5.41, 5.74) is 0. The molecule has 2 nitrogen and oxygen atoms in total. The first-order chi connectivity index (χ1) is 5.61. The van der Waals surface area contributed by atoms with Crippen molar-refractivity contribution in [1.82, 2.24) is 4.90 Å². The quantitative estimate of drug-likeness (QED) is 0.606. The van der Waals surface area contributed by atoms with Crippen LogP contribution in [0, 0.1) is 5.92 Å². The van der Waals surface area contributed by atoms with Crippen LogP contribution in [-0.4, -0.2) is 28.7 Å². The van der Waals surface area contributed by atoms with E-state index >= 15 is 0 Å². The van der Waals surface area contributed by atoms with E-state index in [1.54, 1.807) is 4.90 Å². The first-order valence-corrected chi connectivity index (χ1v) is 5.05. The molecule has 0 radical (unpaired) electrons. The van der Waals surface area contributed by atoms with Gasteiger partial charge in [-0.3, -0.25) is 4.79 Å². The van der Waals surface area contributed by atoms with E-state index in [1.165, 1.54) is 0 Å². The summed E-state index contributed by atoms with van der Waals surface area (Å²) in [7, 11) is 0. The van der Waals surface area contributed by atoms with Gasteiger partial charge < -0.3 is 4.90 Å². The largest absolute Gasteiger partial charge is 0.340 e. The van der Waals surface area contributed by atoms with Gasteiger partial charge in [-0.05, 0) is 18.8 Å². The number of piperidine rings is 1. The highest BCUT2D eigenvalue weighted by Gasteiger charge is 2.23. The molecule has 1 aliphatic heterocycles. The zero-order valence-corrected chi connectivity index (χ0v) is 8.61. The van der Waals surface area contributed by atoms with Gasteiger partial charge in [0.05, 0.1) is 0 Å². The number of carbonyl (C=O) groups is 1. The van der Waals surface area contributed by atoms with Crippen LogP contribution in [0.3, 0.4) is 0 Å². The highest BCUT2D eigenvalue weighted by atomic mass is 35.5. The zero-order chi connectivity index (χ0) is 9.14. The molecule has 0 spiro atoms. The number of likely N-dealkylation sites (tertiary alicyclic amines) is 1. The van der Waals surface area contributed by atoms with Gasteiger partial charge in [0.25, 0.3) is 5.91 Å². The maximum atomic E-state index is 11.3. The molecule has 0 N–H and O–H groups in total. The molecule has 4 heteroatoms. The molecule has 1 saturated heterocycles. The van der Waals surface area contributed by atoms with Crippen LogP contribution in [0.2, 0.25) is 0 Å². The second kappa shape index (κ2) is 4.33. The van der Waals surface area contributed by atoms with Crippen molar-refractivity contribution in [2.75, 3.05) is 13.1 Å². The third-order valence-corrected chi connectivity index (χ3v) is 2.66. The van der Waals surface area contributed by atoms with Gasteiger partial charge in [-0.25, -0.2) is 0 Å². The van der Waals surface area contributed by atoms with Crippen LogP contribution >= 0.6 is 23.2 Å². The summed E-state index contributed by atoms with van der Waals surface area (Å²) in [5, 5.41) is 0. The molecule has 0 aliphatic carbocycles. The Hall–Kier alpha value is 0.0500. The SMILES string of the molecule is CC1CCN(C(=O)C(Cl)Cl)CC1. The first kappa shape index (κ1) is 10.1. The van der Waals surface area contributed by atoms with Crippen molar-refractivity contribution in [1.29, 1.82) is 0 Å². The van der Waals surface area contributed by atoms with Crippen LogP contribution in [0.15, 0.2) is 0 Å². The highest BCUT2D eigenvalue weighted by Crippen LogP contribution is 2.18. The molecular weight excluding hydrogens is 197 g/mol. The first-order valence-electron chi connectivity index (χ1n) is 4.18. The summed E-state index contributed by atoms with van der Waals surface area (Å²) in [4.78, 5) is 12.1. The van der Waals surface area contributed by atoms with Crippen LogP contribution in [0.25, 0.3) is 0 Å². The Labute approximate surface area is 82.8 Å². The molecule has 0 bridgehead atoms. The van der Waals surface area contributed by atoms with Gasteiger partial charge in [-0.15, -0.1) is 0 Å². The lowest BCUT2D eigenvalue weighted by Crippen LogP contribution is -2.40. The number of nitrogens with zero attached hydrogens (tertiary/aromatic N) is 1. The van der Waals surface area contributed by atoms with Crippen LogP contribution in [0.5, 0.6) is 0 Å². The molecule has 0 saturated carbocycles. The molecule has 0 aromatic rings. The fraction of sp³-hybridized carbons (Fsp3) is 0.875. The third kappa shape index (κ3) is 2.53. The van der Waals surface area contributed by atoms with Gasteiger partial charge in [0, 0.05) is 13.1 Å². The van der Waals surface area contributed by atoms with Crippen LogP contribution in [-0.2, 0) is 4.79 Å². The molecule has 0 aromatic carbocycles. The van der Waals surface area contributed by atoms with Crippen molar-refractivity contribution in [2.45, 2.75) is 24.6 Å². The molecule has 70 valence electrons. The molecule has 1 aliphatic rings. The Morgan fingerprint density at radius 3 is 2.33 bits per heavy atom. The van der Waals surface area contributed by atoms with E-state index < -0.39 is 4.84 Å². The summed E-state index contributed by atoms with van der Waals surface area (Å²) >= 11 is 10.9.